The highest BCUT2D eigenvalue weighted by molar-refractivity contribution is 9.10. The van der Waals surface area contributed by atoms with Gasteiger partial charge in [-0.3, -0.25) is 4.79 Å². The van der Waals surface area contributed by atoms with E-state index >= 15 is 0 Å². The molecule has 0 aliphatic rings. The number of nitrogens with zero attached hydrogens (tertiary/aromatic N) is 2. The third kappa shape index (κ3) is 3.86. The Bertz CT molecular complexity index is 493. The molecule has 1 atom stereocenters. The monoisotopic (exact) mass is 313 g/mol. The predicted molar refractivity (Wildman–Crippen MR) is 74.6 cm³/mol. The molecule has 1 N–H and O–H groups in total. The highest BCUT2D eigenvalue weighted by Gasteiger charge is 2.09. The number of hydrogen-bond acceptors (Lipinski definition) is 4. The summed E-state index contributed by atoms with van der Waals surface area (Å²) in [5, 5.41) is 7.14. The third-order valence-electron chi connectivity index (χ3n) is 2.32. The van der Waals surface area contributed by atoms with Crippen LogP contribution in [0.15, 0.2) is 15.5 Å². The molecule has 0 saturated heterocycles. The Morgan fingerprint density at radius 1 is 1.72 bits per heavy atom. The summed E-state index contributed by atoms with van der Waals surface area (Å²) in [6.07, 6.45) is 6.74. The number of anilines is 1. The van der Waals surface area contributed by atoms with E-state index in [0.717, 1.165) is 0 Å². The van der Waals surface area contributed by atoms with Crippen LogP contribution < -0.4 is 10.9 Å². The molecular weight excluding hydrogens is 298 g/mol. The SMILES string of the molecule is C#CCn1ncc(NCC(C)COC)c(Br)c1=O. The highest BCUT2D eigenvalue weighted by Crippen LogP contribution is 2.16. The molecule has 98 valence electrons. The minimum absolute atomic E-state index is 0.164. The average Bonchev–Trinajstić information content (AvgIpc) is 2.35. The van der Waals surface area contributed by atoms with Crippen LogP contribution in [0.3, 0.4) is 0 Å². The Kier molecular flexibility index (Phi) is 5.89. The molecule has 0 amide bonds. The van der Waals surface area contributed by atoms with Crippen LogP contribution in [0.5, 0.6) is 0 Å². The van der Waals surface area contributed by atoms with Crippen LogP contribution in [0, 0.1) is 18.3 Å². The van der Waals surface area contributed by atoms with Crippen LogP contribution in [0.1, 0.15) is 6.92 Å². The Balaban J connectivity index is 2.77. The minimum Gasteiger partial charge on any atom is -0.384 e. The zero-order chi connectivity index (χ0) is 13.5. The van der Waals surface area contributed by atoms with Gasteiger partial charge in [-0.05, 0) is 21.8 Å². The summed E-state index contributed by atoms with van der Waals surface area (Å²) < 4.78 is 6.71. The van der Waals surface area contributed by atoms with Crippen LogP contribution in [0.2, 0.25) is 0 Å². The summed E-state index contributed by atoms with van der Waals surface area (Å²) in [5.74, 6) is 2.72. The normalized spacial score (nSPS) is 11.9. The molecule has 6 heteroatoms. The standard InChI is InChI=1S/C12H16BrN3O2/c1-4-5-16-12(17)11(13)10(7-15-16)14-6-9(2)8-18-3/h1,7,9,14H,5-6,8H2,2-3H3. The molecule has 1 aromatic heterocycles. The molecule has 0 aromatic carbocycles. The number of terminal acetylenes is 1. The molecule has 1 heterocycles. The summed E-state index contributed by atoms with van der Waals surface area (Å²) in [7, 11) is 1.66. The first kappa shape index (κ1) is 14.7. The van der Waals surface area contributed by atoms with Crippen molar-refractivity contribution in [3.05, 3.63) is 21.0 Å². The van der Waals surface area contributed by atoms with Gasteiger partial charge >= 0.3 is 0 Å². The van der Waals surface area contributed by atoms with Gasteiger partial charge in [0.1, 0.15) is 11.0 Å². The van der Waals surface area contributed by atoms with Gasteiger partial charge in [-0.15, -0.1) is 6.42 Å². The van der Waals surface area contributed by atoms with Crippen molar-refractivity contribution in [2.75, 3.05) is 25.6 Å². The number of aromatic nitrogens is 2. The first-order valence-corrected chi connectivity index (χ1v) is 6.31. The van der Waals surface area contributed by atoms with Crippen LogP contribution in [0.25, 0.3) is 0 Å². The fourth-order valence-electron chi connectivity index (χ4n) is 1.42. The number of rotatable bonds is 6. The lowest BCUT2D eigenvalue weighted by Crippen LogP contribution is -2.25. The van der Waals surface area contributed by atoms with E-state index in [0.29, 0.717) is 29.2 Å². The second-order valence-electron chi connectivity index (χ2n) is 3.98. The molecule has 1 rings (SSSR count). The van der Waals surface area contributed by atoms with Gasteiger partial charge < -0.3 is 10.1 Å². The zero-order valence-electron chi connectivity index (χ0n) is 10.4. The first-order chi connectivity index (χ1) is 8.60. The van der Waals surface area contributed by atoms with Crippen molar-refractivity contribution < 1.29 is 4.74 Å². The van der Waals surface area contributed by atoms with Crippen molar-refractivity contribution in [3.63, 3.8) is 0 Å². The second kappa shape index (κ2) is 7.19. The first-order valence-electron chi connectivity index (χ1n) is 5.52. The van der Waals surface area contributed by atoms with Crippen molar-refractivity contribution in [1.29, 1.82) is 0 Å². The Hall–Kier alpha value is -1.32. The number of nitrogens with one attached hydrogen (secondary N) is 1. The molecule has 1 aromatic rings. The lowest BCUT2D eigenvalue weighted by Gasteiger charge is -2.13. The molecule has 0 aliphatic carbocycles. The summed E-state index contributed by atoms with van der Waals surface area (Å²) >= 11 is 3.25. The molecule has 18 heavy (non-hydrogen) atoms. The van der Waals surface area contributed by atoms with Gasteiger partial charge in [0, 0.05) is 13.7 Å². The van der Waals surface area contributed by atoms with Crippen LogP contribution in [-0.2, 0) is 11.3 Å². The van der Waals surface area contributed by atoms with Gasteiger partial charge in [-0.1, -0.05) is 12.8 Å². The topological polar surface area (TPSA) is 56.1 Å². The Labute approximate surface area is 115 Å². The van der Waals surface area contributed by atoms with E-state index in [-0.39, 0.29) is 12.1 Å². The average molecular weight is 314 g/mol. The lowest BCUT2D eigenvalue weighted by molar-refractivity contribution is 0.164. The summed E-state index contributed by atoms with van der Waals surface area (Å²) in [5.41, 5.74) is 0.425. The van der Waals surface area contributed by atoms with E-state index in [9.17, 15) is 4.79 Å². The number of hydrogen-bond donors (Lipinski definition) is 1. The molecule has 0 radical (unpaired) electrons. The molecular formula is C12H16BrN3O2. The van der Waals surface area contributed by atoms with Crippen molar-refractivity contribution in [3.8, 4) is 12.3 Å². The maximum Gasteiger partial charge on any atom is 0.284 e. The van der Waals surface area contributed by atoms with E-state index in [1.54, 1.807) is 13.3 Å². The van der Waals surface area contributed by atoms with E-state index in [1.165, 1.54) is 4.68 Å². The minimum atomic E-state index is -0.239. The van der Waals surface area contributed by atoms with Crippen molar-refractivity contribution in [2.45, 2.75) is 13.5 Å². The van der Waals surface area contributed by atoms with Crippen LogP contribution >= 0.6 is 15.9 Å². The summed E-state index contributed by atoms with van der Waals surface area (Å²) in [4.78, 5) is 11.8. The Morgan fingerprint density at radius 2 is 2.44 bits per heavy atom. The van der Waals surface area contributed by atoms with E-state index in [4.69, 9.17) is 11.2 Å². The molecule has 0 aliphatic heterocycles. The largest absolute Gasteiger partial charge is 0.384 e. The summed E-state index contributed by atoms with van der Waals surface area (Å²) in [6.45, 7) is 3.58. The van der Waals surface area contributed by atoms with Crippen LogP contribution in [-0.4, -0.2) is 30.0 Å². The Morgan fingerprint density at radius 3 is 3.06 bits per heavy atom. The second-order valence-corrected chi connectivity index (χ2v) is 4.77. The fraction of sp³-hybridized carbons (Fsp3) is 0.500. The molecule has 5 nitrogen and oxygen atoms in total. The lowest BCUT2D eigenvalue weighted by atomic mass is 10.2. The van der Waals surface area contributed by atoms with Crippen molar-refractivity contribution in [2.24, 2.45) is 5.92 Å². The van der Waals surface area contributed by atoms with Gasteiger partial charge in [0.15, 0.2) is 0 Å². The van der Waals surface area contributed by atoms with E-state index in [2.05, 4.69) is 39.2 Å². The molecule has 0 bridgehead atoms. The van der Waals surface area contributed by atoms with Gasteiger partial charge in [-0.2, -0.15) is 5.10 Å². The maximum absolute atomic E-state index is 11.8. The van der Waals surface area contributed by atoms with Gasteiger partial charge in [-0.25, -0.2) is 4.68 Å². The highest BCUT2D eigenvalue weighted by atomic mass is 79.9. The molecule has 1 unspecified atom stereocenters. The zero-order valence-corrected chi connectivity index (χ0v) is 12.0. The number of methoxy groups -OCH3 is 1. The van der Waals surface area contributed by atoms with Crippen molar-refractivity contribution in [1.82, 2.24) is 9.78 Å². The van der Waals surface area contributed by atoms with E-state index in [1.807, 2.05) is 0 Å². The van der Waals surface area contributed by atoms with Gasteiger partial charge in [0.05, 0.1) is 18.5 Å². The summed E-state index contributed by atoms with van der Waals surface area (Å²) in [6, 6.07) is 0. The smallest absolute Gasteiger partial charge is 0.284 e. The molecule has 0 saturated carbocycles. The van der Waals surface area contributed by atoms with Crippen LogP contribution in [0.4, 0.5) is 5.69 Å². The van der Waals surface area contributed by atoms with E-state index < -0.39 is 0 Å². The molecule has 0 spiro atoms. The van der Waals surface area contributed by atoms with Gasteiger partial charge in [0.25, 0.3) is 5.56 Å². The van der Waals surface area contributed by atoms with Crippen molar-refractivity contribution >= 4 is 21.6 Å². The molecule has 0 fully saturated rings. The third-order valence-corrected chi connectivity index (χ3v) is 3.08. The fourth-order valence-corrected chi connectivity index (χ4v) is 1.86. The predicted octanol–water partition coefficient (Wildman–Crippen LogP) is 1.33. The number of halogens is 1. The quantitative estimate of drug-likeness (QED) is 0.805. The number of ether oxygens (including phenoxy) is 1. The van der Waals surface area contributed by atoms with Gasteiger partial charge in [0.2, 0.25) is 0 Å². The maximum atomic E-state index is 11.8.